The van der Waals surface area contributed by atoms with Gasteiger partial charge in [-0.25, -0.2) is 13.1 Å². The van der Waals surface area contributed by atoms with Crippen LogP contribution in [-0.4, -0.2) is 32.0 Å². The average molecular weight is 342 g/mol. The maximum absolute atomic E-state index is 12.7. The van der Waals surface area contributed by atoms with Crippen LogP contribution in [-0.2, 0) is 10.0 Å². The van der Waals surface area contributed by atoms with E-state index in [0.717, 1.165) is 24.8 Å². The molecule has 2 unspecified atom stereocenters. The van der Waals surface area contributed by atoms with Crippen molar-refractivity contribution in [1.82, 2.24) is 15.0 Å². The van der Waals surface area contributed by atoms with E-state index in [0.29, 0.717) is 16.3 Å². The number of aromatic nitrogens is 1. The summed E-state index contributed by atoms with van der Waals surface area (Å²) < 4.78 is 28.2. The molecule has 120 valence electrons. The van der Waals surface area contributed by atoms with Crippen molar-refractivity contribution in [3.63, 3.8) is 0 Å². The zero-order valence-corrected chi connectivity index (χ0v) is 14.0. The molecule has 0 aliphatic carbocycles. The molecule has 1 saturated heterocycles. The fourth-order valence-corrected chi connectivity index (χ4v) is 4.36. The lowest BCUT2D eigenvalue weighted by Crippen LogP contribution is -2.46. The summed E-state index contributed by atoms with van der Waals surface area (Å²) >= 11 is 0. The topological polar surface area (TPSA) is 71.1 Å². The first-order valence-corrected chi connectivity index (χ1v) is 8.63. The Morgan fingerprint density at radius 3 is 2.91 bits per heavy atom. The summed E-state index contributed by atoms with van der Waals surface area (Å²) in [6, 6.07) is 7.34. The van der Waals surface area contributed by atoms with E-state index < -0.39 is 10.0 Å². The predicted molar refractivity (Wildman–Crippen MR) is 89.8 cm³/mol. The lowest BCUT2D eigenvalue weighted by Gasteiger charge is -2.28. The van der Waals surface area contributed by atoms with E-state index in [1.54, 1.807) is 30.6 Å². The number of halogens is 1. The summed E-state index contributed by atoms with van der Waals surface area (Å²) in [4.78, 5) is 4.37. The van der Waals surface area contributed by atoms with Gasteiger partial charge in [-0.1, -0.05) is 12.1 Å². The largest absolute Gasteiger partial charge is 0.314 e. The van der Waals surface area contributed by atoms with Gasteiger partial charge in [-0.3, -0.25) is 4.98 Å². The van der Waals surface area contributed by atoms with Gasteiger partial charge in [0.15, 0.2) is 0 Å². The minimum Gasteiger partial charge on any atom is -0.314 e. The van der Waals surface area contributed by atoms with Crippen LogP contribution in [0, 0.1) is 0 Å². The van der Waals surface area contributed by atoms with Crippen molar-refractivity contribution < 1.29 is 8.42 Å². The van der Waals surface area contributed by atoms with E-state index in [-0.39, 0.29) is 18.4 Å². The van der Waals surface area contributed by atoms with Gasteiger partial charge in [0, 0.05) is 35.2 Å². The van der Waals surface area contributed by atoms with Gasteiger partial charge in [-0.2, -0.15) is 0 Å². The van der Waals surface area contributed by atoms with E-state index in [1.165, 1.54) is 0 Å². The Hall–Kier alpha value is -1.21. The number of piperidine rings is 1. The van der Waals surface area contributed by atoms with Crippen LogP contribution >= 0.6 is 12.4 Å². The maximum Gasteiger partial charge on any atom is 0.241 e. The highest BCUT2D eigenvalue weighted by atomic mass is 35.5. The lowest BCUT2D eigenvalue weighted by molar-refractivity contribution is 0.361. The number of nitrogens with one attached hydrogen (secondary N) is 2. The number of nitrogens with zero attached hydrogens (tertiary/aromatic N) is 1. The van der Waals surface area contributed by atoms with Gasteiger partial charge in [-0.15, -0.1) is 12.4 Å². The maximum atomic E-state index is 12.7. The summed E-state index contributed by atoms with van der Waals surface area (Å²) in [5.74, 6) is 0. The van der Waals surface area contributed by atoms with Crippen LogP contribution in [0.25, 0.3) is 10.8 Å². The minimum atomic E-state index is -3.52. The standard InChI is InChI=1S/C15H19N3O2S.ClH/c1-11-9-13(5-8-17-11)18-21(19,20)15-4-2-3-12-10-16-7-6-14(12)15;/h2-4,6-7,10-11,13,17-18H,5,8-9H2,1H3;1H. The van der Waals surface area contributed by atoms with Gasteiger partial charge in [0.2, 0.25) is 10.0 Å². The molecule has 0 amide bonds. The number of hydrogen-bond donors (Lipinski definition) is 2. The Morgan fingerprint density at radius 1 is 1.32 bits per heavy atom. The Morgan fingerprint density at radius 2 is 2.14 bits per heavy atom. The summed E-state index contributed by atoms with van der Waals surface area (Å²) in [6.45, 7) is 2.91. The third-order valence-corrected chi connectivity index (χ3v) is 5.45. The zero-order valence-electron chi connectivity index (χ0n) is 12.3. The molecule has 0 bridgehead atoms. The van der Waals surface area contributed by atoms with Crippen molar-refractivity contribution in [2.45, 2.75) is 36.7 Å². The van der Waals surface area contributed by atoms with E-state index in [4.69, 9.17) is 0 Å². The predicted octanol–water partition coefficient (Wildman–Crippen LogP) is 2.08. The van der Waals surface area contributed by atoms with Crippen LogP contribution in [0.15, 0.2) is 41.6 Å². The molecular formula is C15H20ClN3O2S. The molecular weight excluding hydrogens is 322 g/mol. The average Bonchev–Trinajstić information content (AvgIpc) is 2.46. The molecule has 1 fully saturated rings. The van der Waals surface area contributed by atoms with Crippen molar-refractivity contribution in [2.24, 2.45) is 0 Å². The van der Waals surface area contributed by atoms with Crippen LogP contribution in [0.5, 0.6) is 0 Å². The SMILES string of the molecule is CC1CC(NS(=O)(=O)c2cccc3cnccc23)CCN1.Cl. The third kappa shape index (κ3) is 3.57. The number of sulfonamides is 1. The molecule has 0 radical (unpaired) electrons. The first kappa shape index (κ1) is 17.1. The monoisotopic (exact) mass is 341 g/mol. The lowest BCUT2D eigenvalue weighted by atomic mass is 10.0. The molecule has 2 atom stereocenters. The van der Waals surface area contributed by atoms with Crippen LogP contribution < -0.4 is 10.0 Å². The van der Waals surface area contributed by atoms with Crippen molar-refractivity contribution in [3.05, 3.63) is 36.7 Å². The molecule has 22 heavy (non-hydrogen) atoms. The number of rotatable bonds is 3. The van der Waals surface area contributed by atoms with Gasteiger partial charge in [0.1, 0.15) is 0 Å². The number of fused-ring (bicyclic) bond motifs is 1. The fraction of sp³-hybridized carbons (Fsp3) is 0.400. The van der Waals surface area contributed by atoms with E-state index in [2.05, 4.69) is 21.9 Å². The van der Waals surface area contributed by atoms with Crippen LogP contribution in [0.4, 0.5) is 0 Å². The highest BCUT2D eigenvalue weighted by Crippen LogP contribution is 2.23. The molecule has 3 rings (SSSR count). The second kappa shape index (κ2) is 6.91. The van der Waals surface area contributed by atoms with Gasteiger partial charge < -0.3 is 5.32 Å². The minimum absolute atomic E-state index is 0. The van der Waals surface area contributed by atoms with E-state index >= 15 is 0 Å². The van der Waals surface area contributed by atoms with Crippen LogP contribution in [0.2, 0.25) is 0 Å². The van der Waals surface area contributed by atoms with Gasteiger partial charge >= 0.3 is 0 Å². The summed E-state index contributed by atoms with van der Waals surface area (Å²) in [5, 5.41) is 4.87. The second-order valence-electron chi connectivity index (χ2n) is 5.55. The molecule has 7 heteroatoms. The second-order valence-corrected chi connectivity index (χ2v) is 7.23. The molecule has 0 saturated carbocycles. The Bertz CT molecular complexity index is 746. The van der Waals surface area contributed by atoms with Crippen molar-refractivity contribution in [2.75, 3.05) is 6.54 Å². The normalized spacial score (nSPS) is 22.2. The highest BCUT2D eigenvalue weighted by Gasteiger charge is 2.25. The molecule has 2 aromatic rings. The molecule has 1 aromatic heterocycles. The quantitative estimate of drug-likeness (QED) is 0.896. The number of hydrogen-bond acceptors (Lipinski definition) is 4. The van der Waals surface area contributed by atoms with Gasteiger partial charge in [0.25, 0.3) is 0 Å². The van der Waals surface area contributed by atoms with Crippen LogP contribution in [0.3, 0.4) is 0 Å². The fourth-order valence-electron chi connectivity index (χ4n) is 2.85. The third-order valence-electron chi connectivity index (χ3n) is 3.88. The van der Waals surface area contributed by atoms with Crippen molar-refractivity contribution in [1.29, 1.82) is 0 Å². The summed E-state index contributed by atoms with van der Waals surface area (Å²) in [5.41, 5.74) is 0. The Kier molecular flexibility index (Phi) is 5.39. The molecule has 2 N–H and O–H groups in total. The van der Waals surface area contributed by atoms with Crippen molar-refractivity contribution >= 4 is 33.2 Å². The molecule has 1 aliphatic rings. The molecule has 1 aliphatic heterocycles. The first-order valence-electron chi connectivity index (χ1n) is 7.15. The molecule has 2 heterocycles. The smallest absolute Gasteiger partial charge is 0.241 e. The number of benzene rings is 1. The number of pyridine rings is 1. The van der Waals surface area contributed by atoms with Crippen LogP contribution in [0.1, 0.15) is 19.8 Å². The molecule has 1 aromatic carbocycles. The van der Waals surface area contributed by atoms with E-state index in [9.17, 15) is 8.42 Å². The van der Waals surface area contributed by atoms with E-state index in [1.807, 2.05) is 6.07 Å². The van der Waals surface area contributed by atoms with Crippen molar-refractivity contribution in [3.8, 4) is 0 Å². The first-order chi connectivity index (χ1) is 10.1. The highest BCUT2D eigenvalue weighted by molar-refractivity contribution is 7.89. The Balaban J connectivity index is 0.00000176. The molecule has 5 nitrogen and oxygen atoms in total. The summed E-state index contributed by atoms with van der Waals surface area (Å²) in [6.07, 6.45) is 4.93. The van der Waals surface area contributed by atoms with Gasteiger partial charge in [0.05, 0.1) is 4.90 Å². The Labute approximate surface area is 137 Å². The van der Waals surface area contributed by atoms with Gasteiger partial charge in [-0.05, 0) is 38.4 Å². The summed E-state index contributed by atoms with van der Waals surface area (Å²) in [7, 11) is -3.52. The molecule has 0 spiro atoms. The zero-order chi connectivity index (χ0) is 14.9.